The minimum Gasteiger partial charge on any atom is -0.343 e. The molecule has 1 aliphatic heterocycles. The molecule has 2 rings (SSSR count). The third kappa shape index (κ3) is 2.59. The van der Waals surface area contributed by atoms with E-state index in [-0.39, 0.29) is 30.4 Å². The number of carbonyl (C=O) groups is 2. The van der Waals surface area contributed by atoms with Crippen LogP contribution in [0.2, 0.25) is 0 Å². The van der Waals surface area contributed by atoms with Crippen LogP contribution in [0.1, 0.15) is 33.1 Å². The molecule has 1 saturated heterocycles. The van der Waals surface area contributed by atoms with Crippen LogP contribution in [0.5, 0.6) is 0 Å². The fourth-order valence-electron chi connectivity index (χ4n) is 2.78. The zero-order valence-corrected chi connectivity index (χ0v) is 11.3. The molecule has 2 fully saturated rings. The van der Waals surface area contributed by atoms with Crippen LogP contribution in [0.15, 0.2) is 0 Å². The van der Waals surface area contributed by atoms with Gasteiger partial charge in [0.1, 0.15) is 6.04 Å². The summed E-state index contributed by atoms with van der Waals surface area (Å²) in [7, 11) is 0. The SMILES string of the molecule is CCSC1CCCC1N1CC(=O)NC(C)C1=O. The van der Waals surface area contributed by atoms with Gasteiger partial charge in [0.05, 0.1) is 6.54 Å². The van der Waals surface area contributed by atoms with Gasteiger partial charge in [-0.25, -0.2) is 0 Å². The van der Waals surface area contributed by atoms with Crippen molar-refractivity contribution in [3.8, 4) is 0 Å². The van der Waals surface area contributed by atoms with Crippen LogP contribution in [0.3, 0.4) is 0 Å². The number of carbonyl (C=O) groups excluding carboxylic acids is 2. The number of thioether (sulfide) groups is 1. The number of amides is 2. The number of rotatable bonds is 3. The van der Waals surface area contributed by atoms with Crippen LogP contribution in [0.4, 0.5) is 0 Å². The molecule has 3 unspecified atom stereocenters. The molecule has 0 radical (unpaired) electrons. The minimum absolute atomic E-state index is 0.0238. The summed E-state index contributed by atoms with van der Waals surface area (Å²) in [4.78, 5) is 25.5. The van der Waals surface area contributed by atoms with Crippen molar-refractivity contribution in [1.82, 2.24) is 10.2 Å². The van der Waals surface area contributed by atoms with E-state index in [1.807, 2.05) is 16.7 Å². The number of nitrogens with one attached hydrogen (secondary N) is 1. The fraction of sp³-hybridized carbons (Fsp3) is 0.833. The van der Waals surface area contributed by atoms with E-state index in [1.165, 1.54) is 12.8 Å². The molecular weight excluding hydrogens is 236 g/mol. The Labute approximate surface area is 106 Å². The second-order valence-electron chi connectivity index (χ2n) is 4.75. The van der Waals surface area contributed by atoms with E-state index < -0.39 is 0 Å². The van der Waals surface area contributed by atoms with Crippen LogP contribution in [0, 0.1) is 0 Å². The molecule has 4 nitrogen and oxygen atoms in total. The van der Waals surface area contributed by atoms with E-state index in [0.717, 1.165) is 12.2 Å². The lowest BCUT2D eigenvalue weighted by molar-refractivity contribution is -0.145. The summed E-state index contributed by atoms with van der Waals surface area (Å²) in [6.45, 7) is 4.16. The molecule has 1 N–H and O–H groups in total. The van der Waals surface area contributed by atoms with Crippen LogP contribution in [0.25, 0.3) is 0 Å². The molecule has 0 aromatic carbocycles. The third-order valence-corrected chi connectivity index (χ3v) is 4.86. The second kappa shape index (κ2) is 5.29. The molecule has 0 aromatic heterocycles. The van der Waals surface area contributed by atoms with E-state index >= 15 is 0 Å². The summed E-state index contributed by atoms with van der Waals surface area (Å²) < 4.78 is 0. The Morgan fingerprint density at radius 1 is 1.41 bits per heavy atom. The third-order valence-electron chi connectivity index (χ3n) is 3.54. The highest BCUT2D eigenvalue weighted by molar-refractivity contribution is 7.99. The summed E-state index contributed by atoms with van der Waals surface area (Å²) in [6.07, 6.45) is 3.38. The minimum atomic E-state index is -0.357. The van der Waals surface area contributed by atoms with Gasteiger partial charge in [0.25, 0.3) is 0 Å². The Morgan fingerprint density at radius 2 is 2.18 bits per heavy atom. The molecule has 17 heavy (non-hydrogen) atoms. The summed E-state index contributed by atoms with van der Waals surface area (Å²) in [5.41, 5.74) is 0. The Kier molecular flexibility index (Phi) is 3.97. The first-order chi connectivity index (χ1) is 8.13. The van der Waals surface area contributed by atoms with Crippen molar-refractivity contribution in [1.29, 1.82) is 0 Å². The van der Waals surface area contributed by atoms with Crippen molar-refractivity contribution in [3.63, 3.8) is 0 Å². The molecule has 96 valence electrons. The van der Waals surface area contributed by atoms with Gasteiger partial charge < -0.3 is 10.2 Å². The van der Waals surface area contributed by atoms with E-state index in [0.29, 0.717) is 5.25 Å². The topological polar surface area (TPSA) is 49.4 Å². The lowest BCUT2D eigenvalue weighted by atomic mass is 10.1. The van der Waals surface area contributed by atoms with E-state index in [2.05, 4.69) is 12.2 Å². The highest BCUT2D eigenvalue weighted by Crippen LogP contribution is 2.34. The van der Waals surface area contributed by atoms with Gasteiger partial charge in [-0.15, -0.1) is 0 Å². The van der Waals surface area contributed by atoms with Gasteiger partial charge in [-0.1, -0.05) is 13.3 Å². The average Bonchev–Trinajstić information content (AvgIpc) is 2.72. The Morgan fingerprint density at radius 3 is 2.88 bits per heavy atom. The molecule has 2 amide bonds. The molecular formula is C12H20N2O2S. The maximum atomic E-state index is 12.1. The monoisotopic (exact) mass is 256 g/mol. The smallest absolute Gasteiger partial charge is 0.245 e. The van der Waals surface area contributed by atoms with Gasteiger partial charge in [0.2, 0.25) is 11.8 Å². The fourth-order valence-corrected chi connectivity index (χ4v) is 4.05. The zero-order valence-electron chi connectivity index (χ0n) is 10.4. The van der Waals surface area contributed by atoms with E-state index in [4.69, 9.17) is 0 Å². The van der Waals surface area contributed by atoms with E-state index in [1.54, 1.807) is 6.92 Å². The highest BCUT2D eigenvalue weighted by Gasteiger charge is 2.39. The summed E-state index contributed by atoms with van der Waals surface area (Å²) >= 11 is 1.92. The summed E-state index contributed by atoms with van der Waals surface area (Å²) in [5, 5.41) is 3.21. The van der Waals surface area contributed by atoms with Gasteiger partial charge in [-0.2, -0.15) is 11.8 Å². The predicted octanol–water partition coefficient (Wildman–Crippen LogP) is 1.01. The lowest BCUT2D eigenvalue weighted by Crippen LogP contribution is -2.60. The first-order valence-corrected chi connectivity index (χ1v) is 7.39. The maximum Gasteiger partial charge on any atom is 0.245 e. The van der Waals surface area contributed by atoms with Crippen LogP contribution < -0.4 is 5.32 Å². The standard InChI is InChI=1S/C12H20N2O2S/c1-3-17-10-6-4-5-9(10)14-7-11(15)13-8(2)12(14)16/h8-10H,3-7H2,1-2H3,(H,13,15). The molecule has 0 aromatic rings. The predicted molar refractivity (Wildman–Crippen MR) is 68.9 cm³/mol. The number of hydrogen-bond acceptors (Lipinski definition) is 3. The Hall–Kier alpha value is -0.710. The molecule has 1 heterocycles. The second-order valence-corrected chi connectivity index (χ2v) is 6.26. The van der Waals surface area contributed by atoms with Crippen molar-refractivity contribution in [2.24, 2.45) is 0 Å². The molecule has 1 saturated carbocycles. The number of piperazine rings is 1. The highest BCUT2D eigenvalue weighted by atomic mass is 32.2. The zero-order chi connectivity index (χ0) is 12.4. The largest absolute Gasteiger partial charge is 0.343 e. The van der Waals surface area contributed by atoms with Crippen molar-refractivity contribution in [2.75, 3.05) is 12.3 Å². The number of nitrogens with zero attached hydrogens (tertiary/aromatic N) is 1. The van der Waals surface area contributed by atoms with Gasteiger partial charge in [0.15, 0.2) is 0 Å². The molecule has 0 spiro atoms. The van der Waals surface area contributed by atoms with Crippen molar-refractivity contribution in [3.05, 3.63) is 0 Å². The van der Waals surface area contributed by atoms with Crippen molar-refractivity contribution >= 4 is 23.6 Å². The molecule has 1 aliphatic carbocycles. The van der Waals surface area contributed by atoms with Crippen LogP contribution in [-0.4, -0.2) is 46.3 Å². The average molecular weight is 256 g/mol. The first kappa shape index (κ1) is 12.7. The summed E-state index contributed by atoms with van der Waals surface area (Å²) in [6, 6.07) is -0.0925. The Balaban J connectivity index is 2.09. The molecule has 0 bridgehead atoms. The lowest BCUT2D eigenvalue weighted by Gasteiger charge is -2.37. The van der Waals surface area contributed by atoms with E-state index in [9.17, 15) is 9.59 Å². The van der Waals surface area contributed by atoms with Crippen molar-refractivity contribution in [2.45, 2.75) is 50.4 Å². The van der Waals surface area contributed by atoms with Gasteiger partial charge >= 0.3 is 0 Å². The number of hydrogen-bond donors (Lipinski definition) is 1. The normalized spacial score (nSPS) is 34.0. The Bertz CT molecular complexity index is 322. The molecule has 2 aliphatic rings. The first-order valence-electron chi connectivity index (χ1n) is 6.35. The van der Waals surface area contributed by atoms with Gasteiger partial charge in [-0.05, 0) is 25.5 Å². The molecule has 5 heteroatoms. The van der Waals surface area contributed by atoms with Gasteiger partial charge in [-0.3, -0.25) is 9.59 Å². The van der Waals surface area contributed by atoms with Gasteiger partial charge in [0, 0.05) is 11.3 Å². The van der Waals surface area contributed by atoms with Crippen LogP contribution in [-0.2, 0) is 9.59 Å². The summed E-state index contributed by atoms with van der Waals surface area (Å²) in [5.74, 6) is 1.13. The molecule has 3 atom stereocenters. The quantitative estimate of drug-likeness (QED) is 0.820. The van der Waals surface area contributed by atoms with Crippen LogP contribution >= 0.6 is 11.8 Å². The maximum absolute atomic E-state index is 12.1. The van der Waals surface area contributed by atoms with Crippen molar-refractivity contribution < 1.29 is 9.59 Å².